The number of unbranched alkanes of at least 4 members (excludes halogenated alkanes) is 19. The lowest BCUT2D eigenvalue weighted by Crippen LogP contribution is -2.66. The molecule has 0 N–H and O–H groups in total. The number of rotatable bonds is 30. The zero-order valence-corrected chi connectivity index (χ0v) is 27.4. The number of likely N-dealkylation sites (N-methyl/N-ethyl adjacent to an activating group) is 1. The minimum Gasteiger partial charge on any atom is -0.321 e. The van der Waals surface area contributed by atoms with Gasteiger partial charge >= 0.3 is 0 Å². The van der Waals surface area contributed by atoms with Crippen LogP contribution in [0.2, 0.25) is 0 Å². The molecule has 0 saturated carbocycles. The van der Waals surface area contributed by atoms with Crippen molar-refractivity contribution in [2.45, 2.75) is 194 Å². The molecule has 0 fully saturated rings. The van der Waals surface area contributed by atoms with Crippen LogP contribution in [-0.2, 0) is 9.53 Å². The van der Waals surface area contributed by atoms with Crippen LogP contribution >= 0.6 is 0 Å². The molecule has 0 rings (SSSR count). The van der Waals surface area contributed by atoms with Crippen molar-refractivity contribution in [2.75, 3.05) is 26.7 Å². The predicted molar refractivity (Wildman–Crippen MR) is 169 cm³/mol. The normalized spacial score (nSPS) is 13.6. The van der Waals surface area contributed by atoms with E-state index in [1.54, 1.807) is 0 Å². The molecular weight excluding hydrogens is 466 g/mol. The van der Waals surface area contributed by atoms with E-state index in [-0.39, 0.29) is 0 Å². The van der Waals surface area contributed by atoms with E-state index < -0.39 is 5.72 Å². The average molecular weight is 539 g/mol. The summed E-state index contributed by atoms with van der Waals surface area (Å²) in [6.07, 6.45) is 30.6. The van der Waals surface area contributed by atoms with Crippen LogP contribution in [0, 0.1) is 0 Å². The van der Waals surface area contributed by atoms with Gasteiger partial charge in [-0.15, -0.1) is 0 Å². The fourth-order valence-electron chi connectivity index (χ4n) is 6.11. The fourth-order valence-corrected chi connectivity index (χ4v) is 6.11. The van der Waals surface area contributed by atoms with E-state index in [9.17, 15) is 4.79 Å². The minimum absolute atomic E-state index is 0.337. The quantitative estimate of drug-likeness (QED) is 0.0516. The highest BCUT2D eigenvalue weighted by Crippen LogP contribution is 2.30. The first-order valence-corrected chi connectivity index (χ1v) is 17.4. The lowest BCUT2D eigenvalue weighted by Gasteiger charge is -2.47. The average Bonchev–Trinajstić information content (AvgIpc) is 2.90. The molecule has 1 unspecified atom stereocenters. The molecule has 0 spiro atoms. The van der Waals surface area contributed by atoms with Gasteiger partial charge in [-0.2, -0.15) is 0 Å². The van der Waals surface area contributed by atoms with Gasteiger partial charge in [0.2, 0.25) is 5.78 Å². The van der Waals surface area contributed by atoms with Gasteiger partial charge < -0.3 is 4.74 Å². The standard InChI is InChI=1S/C35H72NO2/c1-7-11-13-15-17-19-20-21-23-25-27-29-33-38-35(5,36(6,31-9-3)32-10-4)34(37)30-28-26-24-22-18-16-14-12-8-2/h7-33H2,1-6H3/q+1. The second-order valence-corrected chi connectivity index (χ2v) is 12.6. The molecule has 0 amide bonds. The van der Waals surface area contributed by atoms with E-state index in [1.807, 2.05) is 0 Å². The highest BCUT2D eigenvalue weighted by molar-refractivity contribution is 5.85. The highest BCUT2D eigenvalue weighted by Gasteiger charge is 2.50. The Bertz CT molecular complexity index is 514. The molecule has 38 heavy (non-hydrogen) atoms. The van der Waals surface area contributed by atoms with Gasteiger partial charge in [0.05, 0.1) is 26.7 Å². The highest BCUT2D eigenvalue weighted by atomic mass is 16.5. The van der Waals surface area contributed by atoms with Gasteiger partial charge in [0.15, 0.2) is 0 Å². The van der Waals surface area contributed by atoms with Crippen molar-refractivity contribution in [3.8, 4) is 0 Å². The summed E-state index contributed by atoms with van der Waals surface area (Å²) >= 11 is 0. The summed E-state index contributed by atoms with van der Waals surface area (Å²) in [6, 6.07) is 0. The van der Waals surface area contributed by atoms with E-state index in [0.29, 0.717) is 12.2 Å². The smallest absolute Gasteiger partial charge is 0.260 e. The molecular formula is C35H72NO2+. The summed E-state index contributed by atoms with van der Waals surface area (Å²) in [4.78, 5) is 13.7. The zero-order valence-electron chi connectivity index (χ0n) is 27.4. The van der Waals surface area contributed by atoms with Crippen molar-refractivity contribution < 1.29 is 14.0 Å². The molecule has 1 atom stereocenters. The topological polar surface area (TPSA) is 26.3 Å². The van der Waals surface area contributed by atoms with Crippen molar-refractivity contribution in [2.24, 2.45) is 0 Å². The maximum Gasteiger partial charge on any atom is 0.260 e. The molecule has 0 aliphatic rings. The van der Waals surface area contributed by atoms with Gasteiger partial charge in [0, 0.05) is 13.3 Å². The summed E-state index contributed by atoms with van der Waals surface area (Å²) in [6.45, 7) is 13.9. The van der Waals surface area contributed by atoms with Gasteiger partial charge in [-0.1, -0.05) is 150 Å². The van der Waals surface area contributed by atoms with Crippen LogP contribution in [0.15, 0.2) is 0 Å². The van der Waals surface area contributed by atoms with Gasteiger partial charge in [-0.05, 0) is 25.7 Å². The van der Waals surface area contributed by atoms with E-state index in [1.165, 1.54) is 122 Å². The molecule has 0 saturated heterocycles. The van der Waals surface area contributed by atoms with E-state index in [0.717, 1.165) is 49.9 Å². The summed E-state index contributed by atoms with van der Waals surface area (Å²) in [5.41, 5.74) is -0.704. The van der Waals surface area contributed by atoms with E-state index >= 15 is 0 Å². The Kier molecular flexibility index (Phi) is 25.3. The number of hydrogen-bond acceptors (Lipinski definition) is 2. The van der Waals surface area contributed by atoms with Crippen LogP contribution in [0.25, 0.3) is 0 Å². The van der Waals surface area contributed by atoms with Crippen LogP contribution < -0.4 is 0 Å². The Balaban J connectivity index is 4.46. The van der Waals surface area contributed by atoms with Crippen molar-refractivity contribution in [3.05, 3.63) is 0 Å². The fraction of sp³-hybridized carbons (Fsp3) is 0.971. The molecule has 0 bridgehead atoms. The second kappa shape index (κ2) is 25.6. The molecule has 228 valence electrons. The number of carbonyl (C=O) groups is 1. The maximum absolute atomic E-state index is 13.7. The lowest BCUT2D eigenvalue weighted by molar-refractivity contribution is -0.970. The van der Waals surface area contributed by atoms with Crippen LogP contribution in [0.3, 0.4) is 0 Å². The van der Waals surface area contributed by atoms with Crippen LogP contribution in [0.5, 0.6) is 0 Å². The number of carbonyl (C=O) groups excluding carboxylic acids is 1. The monoisotopic (exact) mass is 539 g/mol. The summed E-state index contributed by atoms with van der Waals surface area (Å²) in [7, 11) is 2.27. The second-order valence-electron chi connectivity index (χ2n) is 12.6. The third-order valence-corrected chi connectivity index (χ3v) is 8.87. The first-order chi connectivity index (χ1) is 18.4. The van der Waals surface area contributed by atoms with Crippen LogP contribution in [-0.4, -0.2) is 42.7 Å². The Labute approximate surface area is 240 Å². The lowest BCUT2D eigenvalue weighted by atomic mass is 9.97. The number of ether oxygens (including phenoxy) is 1. The van der Waals surface area contributed by atoms with Crippen LogP contribution in [0.4, 0.5) is 0 Å². The van der Waals surface area contributed by atoms with Crippen molar-refractivity contribution >= 4 is 5.78 Å². The van der Waals surface area contributed by atoms with Gasteiger partial charge in [-0.3, -0.25) is 9.28 Å². The number of nitrogens with zero attached hydrogens (tertiary/aromatic N) is 1. The number of Topliss-reactive ketones (excluding diaryl/α,β-unsaturated/α-hetero) is 1. The number of quaternary nitrogens is 1. The summed E-state index contributed by atoms with van der Waals surface area (Å²) in [5, 5.41) is 0. The molecule has 0 aromatic heterocycles. The number of hydrogen-bond donors (Lipinski definition) is 0. The third kappa shape index (κ3) is 17.3. The van der Waals surface area contributed by atoms with Gasteiger partial charge in [0.1, 0.15) is 0 Å². The van der Waals surface area contributed by atoms with Crippen LogP contribution in [0.1, 0.15) is 189 Å². The molecule has 0 radical (unpaired) electrons. The Hall–Kier alpha value is -0.410. The Morgan fingerprint density at radius 2 is 0.868 bits per heavy atom. The SMILES string of the molecule is CCCCCCCCCCCCCCOC(C)(C(=O)CCCCCCCCCCC)[N+](C)(CCC)CCC. The Morgan fingerprint density at radius 1 is 0.526 bits per heavy atom. The molecule has 3 nitrogen and oxygen atoms in total. The van der Waals surface area contributed by atoms with Gasteiger partial charge in [0.25, 0.3) is 5.72 Å². The minimum atomic E-state index is -0.704. The maximum atomic E-state index is 13.7. The Morgan fingerprint density at radius 3 is 1.24 bits per heavy atom. The third-order valence-electron chi connectivity index (χ3n) is 8.87. The van der Waals surface area contributed by atoms with Gasteiger partial charge in [-0.25, -0.2) is 0 Å². The molecule has 0 aliphatic heterocycles. The van der Waals surface area contributed by atoms with E-state index in [4.69, 9.17) is 4.74 Å². The van der Waals surface area contributed by atoms with Crippen molar-refractivity contribution in [1.29, 1.82) is 0 Å². The number of ketones is 1. The molecule has 0 heterocycles. The predicted octanol–water partition coefficient (Wildman–Crippen LogP) is 11.2. The van der Waals surface area contributed by atoms with Crippen molar-refractivity contribution in [1.82, 2.24) is 0 Å². The summed E-state index contributed by atoms with van der Waals surface area (Å²) in [5.74, 6) is 0.337. The largest absolute Gasteiger partial charge is 0.321 e. The molecule has 0 aromatic carbocycles. The first kappa shape index (κ1) is 37.6. The zero-order chi connectivity index (χ0) is 28.4. The van der Waals surface area contributed by atoms with E-state index in [2.05, 4.69) is 41.7 Å². The van der Waals surface area contributed by atoms with Crippen molar-refractivity contribution in [3.63, 3.8) is 0 Å². The molecule has 0 aromatic rings. The summed E-state index contributed by atoms with van der Waals surface area (Å²) < 4.78 is 7.34. The molecule has 0 aliphatic carbocycles. The molecule has 3 heteroatoms. The first-order valence-electron chi connectivity index (χ1n) is 17.4.